The number of aryl methyl sites for hydroxylation is 2. The molecule has 0 aliphatic heterocycles. The Bertz CT molecular complexity index is 370. The van der Waals surface area contributed by atoms with Gasteiger partial charge in [0.05, 0.1) is 0 Å². The molecule has 1 aromatic carbocycles. The van der Waals surface area contributed by atoms with E-state index in [1.807, 2.05) is 6.92 Å². The highest BCUT2D eigenvalue weighted by atomic mass is 32.2. The average molecular weight is 253 g/mol. The van der Waals surface area contributed by atoms with Crippen LogP contribution in [0.15, 0.2) is 18.2 Å². The third-order valence-corrected chi connectivity index (χ3v) is 4.12. The summed E-state index contributed by atoms with van der Waals surface area (Å²) in [6, 6.07) is 6.75. The normalized spacial score (nSPS) is 14.6. The highest BCUT2D eigenvalue weighted by molar-refractivity contribution is 7.84. The number of rotatable bonds is 6. The van der Waals surface area contributed by atoms with Crippen LogP contribution in [-0.4, -0.2) is 22.3 Å². The average Bonchev–Trinajstić information content (AvgIpc) is 2.27. The van der Waals surface area contributed by atoms with Gasteiger partial charge < -0.3 is 5.32 Å². The molecule has 0 heterocycles. The molecule has 0 aliphatic rings. The van der Waals surface area contributed by atoms with Gasteiger partial charge in [-0.2, -0.15) is 0 Å². The molecule has 0 saturated heterocycles. The van der Waals surface area contributed by atoms with E-state index in [1.165, 1.54) is 16.7 Å². The largest absolute Gasteiger partial charge is 0.309 e. The van der Waals surface area contributed by atoms with E-state index < -0.39 is 10.8 Å². The van der Waals surface area contributed by atoms with Gasteiger partial charge in [0, 0.05) is 28.3 Å². The standard InChI is InChI=1S/C14H23NOS/c1-5-15-14(10-17(16)6-2)13-8-11(3)7-12(4)9-13/h7-9,14-15H,5-6,10H2,1-4H3. The molecule has 0 amide bonds. The Labute approximate surface area is 107 Å². The zero-order chi connectivity index (χ0) is 12.8. The van der Waals surface area contributed by atoms with Crippen LogP contribution >= 0.6 is 0 Å². The van der Waals surface area contributed by atoms with Gasteiger partial charge in [-0.1, -0.05) is 43.2 Å². The molecule has 2 nitrogen and oxygen atoms in total. The van der Waals surface area contributed by atoms with E-state index >= 15 is 0 Å². The van der Waals surface area contributed by atoms with Crippen molar-refractivity contribution < 1.29 is 4.21 Å². The third kappa shape index (κ3) is 4.60. The SMILES string of the molecule is CCNC(CS(=O)CC)c1cc(C)cc(C)c1. The minimum Gasteiger partial charge on any atom is -0.309 e. The number of benzene rings is 1. The Morgan fingerprint density at radius 1 is 1.18 bits per heavy atom. The molecule has 0 bridgehead atoms. The molecular weight excluding hydrogens is 230 g/mol. The van der Waals surface area contributed by atoms with Crippen molar-refractivity contribution in [1.29, 1.82) is 0 Å². The molecule has 2 atom stereocenters. The molecule has 1 rings (SSSR count). The Morgan fingerprint density at radius 2 is 1.76 bits per heavy atom. The summed E-state index contributed by atoms with van der Waals surface area (Å²) in [5, 5.41) is 3.43. The molecule has 17 heavy (non-hydrogen) atoms. The smallest absolute Gasteiger partial charge is 0.0436 e. The van der Waals surface area contributed by atoms with Gasteiger partial charge in [0.2, 0.25) is 0 Å². The van der Waals surface area contributed by atoms with E-state index in [-0.39, 0.29) is 6.04 Å². The van der Waals surface area contributed by atoms with Gasteiger partial charge >= 0.3 is 0 Å². The predicted molar refractivity (Wildman–Crippen MR) is 75.9 cm³/mol. The fourth-order valence-corrected chi connectivity index (χ4v) is 2.95. The Morgan fingerprint density at radius 3 is 2.24 bits per heavy atom. The lowest BCUT2D eigenvalue weighted by Crippen LogP contribution is -2.26. The van der Waals surface area contributed by atoms with E-state index in [1.54, 1.807) is 0 Å². The van der Waals surface area contributed by atoms with Crippen molar-refractivity contribution in [3.05, 3.63) is 34.9 Å². The minimum absolute atomic E-state index is 0.208. The second kappa shape index (κ2) is 6.92. The van der Waals surface area contributed by atoms with E-state index in [0.717, 1.165) is 12.3 Å². The molecule has 96 valence electrons. The lowest BCUT2D eigenvalue weighted by atomic mass is 10.0. The molecule has 0 aliphatic carbocycles. The fourth-order valence-electron chi connectivity index (χ4n) is 2.03. The first kappa shape index (κ1) is 14.4. The van der Waals surface area contributed by atoms with Crippen LogP contribution in [0.1, 0.15) is 36.6 Å². The second-order valence-electron chi connectivity index (χ2n) is 4.43. The topological polar surface area (TPSA) is 29.1 Å². The number of hydrogen-bond donors (Lipinski definition) is 1. The molecular formula is C14H23NOS. The van der Waals surface area contributed by atoms with Crippen molar-refractivity contribution in [3.8, 4) is 0 Å². The fraction of sp³-hybridized carbons (Fsp3) is 0.571. The van der Waals surface area contributed by atoms with Crippen LogP contribution in [-0.2, 0) is 10.8 Å². The van der Waals surface area contributed by atoms with Crippen LogP contribution in [0.2, 0.25) is 0 Å². The Balaban J connectivity index is 2.91. The summed E-state index contributed by atoms with van der Waals surface area (Å²) in [6.07, 6.45) is 0. The second-order valence-corrected chi connectivity index (χ2v) is 6.22. The van der Waals surface area contributed by atoms with Crippen molar-refractivity contribution in [1.82, 2.24) is 5.32 Å². The predicted octanol–water partition coefficient (Wildman–Crippen LogP) is 2.72. The van der Waals surface area contributed by atoms with Crippen LogP contribution in [0.25, 0.3) is 0 Å². The van der Waals surface area contributed by atoms with Gasteiger partial charge in [0.15, 0.2) is 0 Å². The maximum Gasteiger partial charge on any atom is 0.0436 e. The molecule has 0 spiro atoms. The maximum absolute atomic E-state index is 11.7. The molecule has 1 N–H and O–H groups in total. The summed E-state index contributed by atoms with van der Waals surface area (Å²) in [6.45, 7) is 9.18. The molecule has 3 heteroatoms. The van der Waals surface area contributed by atoms with Crippen molar-refractivity contribution in [2.24, 2.45) is 0 Å². The van der Waals surface area contributed by atoms with Crippen LogP contribution in [0.3, 0.4) is 0 Å². The van der Waals surface area contributed by atoms with E-state index in [4.69, 9.17) is 0 Å². The first-order valence-corrected chi connectivity index (χ1v) is 7.72. The number of hydrogen-bond acceptors (Lipinski definition) is 2. The molecule has 0 saturated carbocycles. The molecule has 1 aromatic rings. The zero-order valence-electron chi connectivity index (χ0n) is 11.2. The Hall–Kier alpha value is -0.670. The highest BCUT2D eigenvalue weighted by Crippen LogP contribution is 2.18. The summed E-state index contributed by atoms with van der Waals surface area (Å²) in [7, 11) is -0.735. The van der Waals surface area contributed by atoms with Gasteiger partial charge in [0.1, 0.15) is 0 Å². The van der Waals surface area contributed by atoms with E-state index in [2.05, 4.69) is 44.3 Å². The van der Waals surface area contributed by atoms with Crippen molar-refractivity contribution >= 4 is 10.8 Å². The summed E-state index contributed by atoms with van der Waals surface area (Å²) in [4.78, 5) is 0. The van der Waals surface area contributed by atoms with E-state index in [0.29, 0.717) is 5.75 Å². The summed E-state index contributed by atoms with van der Waals surface area (Å²) in [5.74, 6) is 1.43. The highest BCUT2D eigenvalue weighted by Gasteiger charge is 2.13. The maximum atomic E-state index is 11.7. The summed E-state index contributed by atoms with van der Waals surface area (Å²) < 4.78 is 11.7. The lowest BCUT2D eigenvalue weighted by molar-refractivity contribution is 0.594. The minimum atomic E-state index is -0.735. The molecule has 0 fully saturated rings. The zero-order valence-corrected chi connectivity index (χ0v) is 12.1. The third-order valence-electron chi connectivity index (χ3n) is 2.77. The van der Waals surface area contributed by atoms with Gasteiger partial charge in [-0.25, -0.2) is 0 Å². The van der Waals surface area contributed by atoms with E-state index in [9.17, 15) is 4.21 Å². The van der Waals surface area contributed by atoms with Crippen LogP contribution in [0, 0.1) is 13.8 Å². The lowest BCUT2D eigenvalue weighted by Gasteiger charge is -2.19. The quantitative estimate of drug-likeness (QED) is 0.844. The molecule has 2 unspecified atom stereocenters. The van der Waals surface area contributed by atoms with Crippen molar-refractivity contribution in [2.75, 3.05) is 18.1 Å². The van der Waals surface area contributed by atoms with Gasteiger partial charge in [-0.15, -0.1) is 0 Å². The van der Waals surface area contributed by atoms with Gasteiger partial charge in [-0.05, 0) is 26.0 Å². The number of nitrogens with one attached hydrogen (secondary N) is 1. The van der Waals surface area contributed by atoms with Crippen LogP contribution in [0.4, 0.5) is 0 Å². The summed E-state index contributed by atoms with van der Waals surface area (Å²) >= 11 is 0. The summed E-state index contributed by atoms with van der Waals surface area (Å²) in [5.41, 5.74) is 3.79. The van der Waals surface area contributed by atoms with Crippen molar-refractivity contribution in [3.63, 3.8) is 0 Å². The van der Waals surface area contributed by atoms with Gasteiger partial charge in [-0.3, -0.25) is 4.21 Å². The molecule has 0 radical (unpaired) electrons. The van der Waals surface area contributed by atoms with Gasteiger partial charge in [0.25, 0.3) is 0 Å². The van der Waals surface area contributed by atoms with Crippen molar-refractivity contribution in [2.45, 2.75) is 33.7 Å². The first-order chi connectivity index (χ1) is 8.06. The monoisotopic (exact) mass is 253 g/mol. The molecule has 0 aromatic heterocycles. The first-order valence-electron chi connectivity index (χ1n) is 6.23. The van der Waals surface area contributed by atoms with Crippen LogP contribution < -0.4 is 5.32 Å². The Kier molecular flexibility index (Phi) is 5.86. The van der Waals surface area contributed by atoms with Crippen LogP contribution in [0.5, 0.6) is 0 Å².